The summed E-state index contributed by atoms with van der Waals surface area (Å²) in [4.78, 5) is 24.9. The number of ketones is 2. The fourth-order valence-electron chi connectivity index (χ4n) is 5.86. The highest BCUT2D eigenvalue weighted by molar-refractivity contribution is 5.97. The van der Waals surface area contributed by atoms with E-state index in [1.807, 2.05) is 89.3 Å². The van der Waals surface area contributed by atoms with Crippen LogP contribution in [0, 0.1) is 22.7 Å². The Morgan fingerprint density at radius 3 is 2.05 bits per heavy atom. The molecule has 0 fully saturated rings. The van der Waals surface area contributed by atoms with Crippen molar-refractivity contribution >= 4 is 11.6 Å². The van der Waals surface area contributed by atoms with Gasteiger partial charge >= 0.3 is 0 Å². The van der Waals surface area contributed by atoms with Crippen molar-refractivity contribution < 1.29 is 19.8 Å². The van der Waals surface area contributed by atoms with Crippen molar-refractivity contribution in [2.24, 2.45) is 10.8 Å². The summed E-state index contributed by atoms with van der Waals surface area (Å²) in [5.41, 5.74) is 4.41. The van der Waals surface area contributed by atoms with E-state index in [0.29, 0.717) is 17.6 Å². The van der Waals surface area contributed by atoms with Gasteiger partial charge in [0, 0.05) is 29.2 Å². The minimum absolute atomic E-state index is 0.0161. The van der Waals surface area contributed by atoms with Crippen LogP contribution in [0.5, 0.6) is 0 Å². The Hall–Kier alpha value is -3.52. The van der Waals surface area contributed by atoms with Gasteiger partial charge in [0.05, 0.1) is 11.7 Å². The first-order chi connectivity index (χ1) is 20.4. The molecule has 0 aromatic carbocycles. The zero-order chi connectivity index (χ0) is 33.3. The van der Waals surface area contributed by atoms with E-state index >= 15 is 0 Å². The molecule has 2 N–H and O–H groups in total. The van der Waals surface area contributed by atoms with Crippen LogP contribution in [0.15, 0.2) is 106 Å². The number of carbonyl (C=O) groups excluding carboxylic acids is 2. The number of aliphatic hydroxyl groups excluding tert-OH is 1. The van der Waals surface area contributed by atoms with Gasteiger partial charge < -0.3 is 10.2 Å². The van der Waals surface area contributed by atoms with Crippen molar-refractivity contribution in [2.75, 3.05) is 0 Å². The average Bonchev–Trinajstić information content (AvgIpc) is 2.88. The first kappa shape index (κ1) is 36.7. The predicted molar refractivity (Wildman–Crippen MR) is 184 cm³/mol. The maximum Gasteiger partial charge on any atom is 0.161 e. The largest absolute Gasteiger partial charge is 0.393 e. The molecule has 44 heavy (non-hydrogen) atoms. The predicted octanol–water partition coefficient (Wildman–Crippen LogP) is 8.58. The summed E-state index contributed by atoms with van der Waals surface area (Å²) in [6, 6.07) is 0. The van der Waals surface area contributed by atoms with E-state index in [2.05, 4.69) is 32.6 Å². The number of hydrogen-bond acceptors (Lipinski definition) is 4. The summed E-state index contributed by atoms with van der Waals surface area (Å²) in [7, 11) is 0. The number of hydrogen-bond donors (Lipinski definition) is 2. The molecule has 0 heterocycles. The van der Waals surface area contributed by atoms with Gasteiger partial charge in [0.2, 0.25) is 0 Å². The van der Waals surface area contributed by atoms with Crippen LogP contribution in [0.4, 0.5) is 0 Å². The Labute approximate surface area is 266 Å². The number of rotatable bonds is 9. The molecule has 0 saturated carbocycles. The molecule has 2 unspecified atom stereocenters. The standard InChI is InChI=1S/C40H52O4/c1-28(17-13-18-30(3)21-22-36-32(5)23-34(41)25-38(36,7)8)15-11-12-16-29(2)19-14-20-31(4)37(43)27-40(44)33(6)24-35(42)26-39(40,9)10/h11-20,24,34,41,44H,23,25-27H2,1-10H3. The SMILES string of the molecule is CC(C#CC1=C(C)CC(O)CC1(C)C)=CC=CC(C)=CC=CC=C(C)C=CC=C(C)C(=O)CC1(O)C(C)=CC(=O)CC1(C)C. The van der Waals surface area contributed by atoms with E-state index in [-0.39, 0.29) is 35.9 Å². The summed E-state index contributed by atoms with van der Waals surface area (Å²) in [6.07, 6.45) is 22.4. The van der Waals surface area contributed by atoms with Crippen molar-refractivity contribution in [1.29, 1.82) is 0 Å². The fourth-order valence-corrected chi connectivity index (χ4v) is 5.86. The highest BCUT2D eigenvalue weighted by Crippen LogP contribution is 2.45. The van der Waals surface area contributed by atoms with Gasteiger partial charge in [-0.1, -0.05) is 117 Å². The van der Waals surface area contributed by atoms with Crippen molar-refractivity contribution in [2.45, 2.75) is 107 Å². The molecule has 2 rings (SSSR count). The molecule has 0 aliphatic heterocycles. The smallest absolute Gasteiger partial charge is 0.161 e. The Kier molecular flexibility index (Phi) is 12.9. The van der Waals surface area contributed by atoms with Gasteiger partial charge in [0.25, 0.3) is 0 Å². The second-order valence-electron chi connectivity index (χ2n) is 13.8. The van der Waals surface area contributed by atoms with Gasteiger partial charge in [-0.2, -0.15) is 0 Å². The zero-order valence-corrected chi connectivity index (χ0v) is 28.5. The second kappa shape index (κ2) is 15.5. The van der Waals surface area contributed by atoms with Crippen LogP contribution in [0.3, 0.4) is 0 Å². The molecular formula is C40H52O4. The van der Waals surface area contributed by atoms with Crippen LogP contribution < -0.4 is 0 Å². The van der Waals surface area contributed by atoms with E-state index < -0.39 is 11.0 Å². The molecule has 4 nitrogen and oxygen atoms in total. The normalized spacial score (nSPS) is 25.1. The zero-order valence-electron chi connectivity index (χ0n) is 28.5. The molecule has 2 aliphatic carbocycles. The van der Waals surface area contributed by atoms with E-state index in [4.69, 9.17) is 0 Å². The molecule has 0 bridgehead atoms. The summed E-state index contributed by atoms with van der Waals surface area (Å²) in [6.45, 7) is 19.5. The molecule has 2 aliphatic rings. The molecule has 0 radical (unpaired) electrons. The maximum absolute atomic E-state index is 12.9. The Balaban J connectivity index is 1.95. The van der Waals surface area contributed by atoms with Gasteiger partial charge in [-0.25, -0.2) is 0 Å². The minimum Gasteiger partial charge on any atom is -0.393 e. The van der Waals surface area contributed by atoms with E-state index in [9.17, 15) is 19.8 Å². The lowest BCUT2D eigenvalue weighted by Gasteiger charge is -2.45. The number of carbonyl (C=O) groups is 2. The molecule has 0 aromatic rings. The van der Waals surface area contributed by atoms with Crippen molar-refractivity contribution in [3.63, 3.8) is 0 Å². The lowest BCUT2D eigenvalue weighted by molar-refractivity contribution is -0.132. The molecule has 0 aromatic heterocycles. The van der Waals surface area contributed by atoms with Crippen LogP contribution in [0.25, 0.3) is 0 Å². The van der Waals surface area contributed by atoms with Gasteiger partial charge in [-0.05, 0) is 77.2 Å². The van der Waals surface area contributed by atoms with Crippen molar-refractivity contribution in [3.8, 4) is 11.8 Å². The quantitative estimate of drug-likeness (QED) is 0.159. The summed E-state index contributed by atoms with van der Waals surface area (Å²) in [5, 5.41) is 21.4. The Bertz CT molecular complexity index is 1460. The van der Waals surface area contributed by atoms with E-state index in [0.717, 1.165) is 28.7 Å². The van der Waals surface area contributed by atoms with Crippen LogP contribution >= 0.6 is 0 Å². The number of Topliss-reactive ketones (excluding diaryl/α,β-unsaturated/α-hetero) is 1. The summed E-state index contributed by atoms with van der Waals surface area (Å²) in [5.74, 6) is 6.48. The topological polar surface area (TPSA) is 74.6 Å². The molecule has 0 amide bonds. The van der Waals surface area contributed by atoms with Gasteiger partial charge in [-0.3, -0.25) is 9.59 Å². The van der Waals surface area contributed by atoms with Crippen LogP contribution in [-0.2, 0) is 9.59 Å². The van der Waals surface area contributed by atoms with Crippen LogP contribution in [0.1, 0.15) is 94.9 Å². The molecule has 0 spiro atoms. The molecule has 4 heteroatoms. The summed E-state index contributed by atoms with van der Waals surface area (Å²) >= 11 is 0. The average molecular weight is 597 g/mol. The molecule has 0 saturated heterocycles. The number of aliphatic hydroxyl groups is 2. The van der Waals surface area contributed by atoms with E-state index in [1.54, 1.807) is 19.9 Å². The van der Waals surface area contributed by atoms with Crippen molar-refractivity contribution in [1.82, 2.24) is 0 Å². The van der Waals surface area contributed by atoms with Gasteiger partial charge in [-0.15, -0.1) is 0 Å². The van der Waals surface area contributed by atoms with Crippen molar-refractivity contribution in [3.05, 3.63) is 106 Å². The van der Waals surface area contributed by atoms with Gasteiger partial charge in [0.1, 0.15) is 0 Å². The monoisotopic (exact) mass is 596 g/mol. The Morgan fingerprint density at radius 1 is 0.932 bits per heavy atom. The van der Waals surface area contributed by atoms with Gasteiger partial charge in [0.15, 0.2) is 11.6 Å². The lowest BCUT2D eigenvalue weighted by atomic mass is 9.62. The lowest BCUT2D eigenvalue weighted by Crippen LogP contribution is -2.50. The minimum atomic E-state index is -1.34. The first-order valence-electron chi connectivity index (χ1n) is 15.5. The summed E-state index contributed by atoms with van der Waals surface area (Å²) < 4.78 is 0. The second-order valence-corrected chi connectivity index (χ2v) is 13.8. The molecule has 236 valence electrons. The maximum atomic E-state index is 12.9. The fraction of sp³-hybridized carbons (Fsp3) is 0.450. The van der Waals surface area contributed by atoms with Crippen LogP contribution in [0.2, 0.25) is 0 Å². The third-order valence-electron chi connectivity index (χ3n) is 8.64. The third kappa shape index (κ3) is 10.3. The van der Waals surface area contributed by atoms with Crippen LogP contribution in [-0.4, -0.2) is 33.5 Å². The first-order valence-corrected chi connectivity index (χ1v) is 15.5. The Morgan fingerprint density at radius 2 is 1.50 bits per heavy atom. The number of allylic oxidation sites excluding steroid dienone is 16. The van der Waals surface area contributed by atoms with E-state index in [1.165, 1.54) is 11.6 Å². The highest BCUT2D eigenvalue weighted by Gasteiger charge is 2.49. The third-order valence-corrected chi connectivity index (χ3v) is 8.64. The highest BCUT2D eigenvalue weighted by atomic mass is 16.3. The molecule has 2 atom stereocenters. The molecular weight excluding hydrogens is 544 g/mol.